The number of carbonyl (C=O) groups excluding carboxylic acids is 2. The number of rotatable bonds is 9. The summed E-state index contributed by atoms with van der Waals surface area (Å²) in [7, 11) is 8.47. The van der Waals surface area contributed by atoms with E-state index in [2.05, 4.69) is 9.24 Å². The summed E-state index contributed by atoms with van der Waals surface area (Å²) in [5.41, 5.74) is 0.445. The van der Waals surface area contributed by atoms with E-state index < -0.39 is 22.6 Å². The van der Waals surface area contributed by atoms with Gasteiger partial charge in [-0.3, -0.25) is 9.59 Å². The van der Waals surface area contributed by atoms with Crippen molar-refractivity contribution >= 4 is 20.8 Å². The van der Waals surface area contributed by atoms with Crippen LogP contribution in [0.1, 0.15) is 34.6 Å². The summed E-state index contributed by atoms with van der Waals surface area (Å²) in [6.07, 6.45) is 0. The monoisotopic (exact) mass is 418 g/mol. The Bertz CT molecular complexity index is 789. The zero-order valence-electron chi connectivity index (χ0n) is 17.6. The first-order chi connectivity index (χ1) is 13.7. The van der Waals surface area contributed by atoms with Crippen molar-refractivity contribution in [3.05, 3.63) is 47.5 Å². The molecule has 0 fully saturated rings. The molecule has 0 bridgehead atoms. The molecule has 1 atom stereocenters. The quantitative estimate of drug-likeness (QED) is 0.348. The van der Waals surface area contributed by atoms with Crippen LogP contribution in [0, 0.1) is 5.92 Å². The zero-order valence-corrected chi connectivity index (χ0v) is 18.7. The predicted molar refractivity (Wildman–Crippen MR) is 115 cm³/mol. The van der Waals surface area contributed by atoms with Crippen LogP contribution >= 0.6 is 9.24 Å². The molecule has 0 N–H and O–H groups in total. The number of carbonyl (C=O) groups is 2. The van der Waals surface area contributed by atoms with Crippen molar-refractivity contribution in [1.29, 1.82) is 0 Å². The first-order valence-electron chi connectivity index (χ1n) is 9.00. The number of hydrogen-bond donors (Lipinski definition) is 0. The van der Waals surface area contributed by atoms with Gasteiger partial charge in [0.25, 0.3) is 0 Å². The van der Waals surface area contributed by atoms with Crippen molar-refractivity contribution in [3.63, 3.8) is 0 Å². The van der Waals surface area contributed by atoms with Gasteiger partial charge in [0.15, 0.2) is 11.6 Å². The number of hydrogen-bond acceptors (Lipinski definition) is 6. The van der Waals surface area contributed by atoms with Crippen LogP contribution in [-0.4, -0.2) is 45.2 Å². The van der Waals surface area contributed by atoms with E-state index in [9.17, 15) is 9.59 Å². The van der Waals surface area contributed by atoms with Gasteiger partial charge >= 0.3 is 0 Å². The standard InChI is InChI=1S/C22H27O6P/c1-22(2,29)19(20(23)17-13(25-3)9-7-10-14(17)26-4)21(24)18-15(27-5)11-8-12-16(18)28-6/h7-12,19H,29H2,1-6H3. The Morgan fingerprint density at radius 2 is 1.00 bits per heavy atom. The molecule has 0 aromatic heterocycles. The summed E-state index contributed by atoms with van der Waals surface area (Å²) in [5.74, 6) is -0.499. The Morgan fingerprint density at radius 1 is 0.724 bits per heavy atom. The Hall–Kier alpha value is -2.59. The number of Topliss-reactive ketones (excluding diaryl/α,β-unsaturated/α-hetero) is 2. The van der Waals surface area contributed by atoms with Gasteiger partial charge in [0, 0.05) is 0 Å². The molecule has 0 saturated carbocycles. The van der Waals surface area contributed by atoms with Crippen LogP contribution in [0.4, 0.5) is 0 Å². The van der Waals surface area contributed by atoms with Gasteiger partial charge < -0.3 is 18.9 Å². The lowest BCUT2D eigenvalue weighted by atomic mass is 9.80. The molecule has 0 radical (unpaired) electrons. The van der Waals surface area contributed by atoms with Crippen molar-refractivity contribution in [2.75, 3.05) is 28.4 Å². The third-order valence-electron chi connectivity index (χ3n) is 4.62. The minimum atomic E-state index is -1.05. The van der Waals surface area contributed by atoms with Crippen molar-refractivity contribution in [2.45, 2.75) is 19.0 Å². The van der Waals surface area contributed by atoms with Crippen molar-refractivity contribution in [2.24, 2.45) is 5.92 Å². The molecule has 29 heavy (non-hydrogen) atoms. The molecule has 2 aromatic carbocycles. The fraction of sp³-hybridized carbons (Fsp3) is 0.364. The molecule has 0 aliphatic heterocycles. The van der Waals surface area contributed by atoms with Crippen LogP contribution in [0.3, 0.4) is 0 Å². The third kappa shape index (κ3) is 4.54. The molecule has 156 valence electrons. The lowest BCUT2D eigenvalue weighted by Crippen LogP contribution is -2.39. The van der Waals surface area contributed by atoms with Gasteiger partial charge in [0.2, 0.25) is 0 Å². The fourth-order valence-corrected chi connectivity index (χ4v) is 3.57. The van der Waals surface area contributed by atoms with E-state index in [1.165, 1.54) is 28.4 Å². The number of ether oxygens (including phenoxy) is 4. The molecule has 6 nitrogen and oxygen atoms in total. The summed E-state index contributed by atoms with van der Waals surface area (Å²) in [6.45, 7) is 3.61. The average molecular weight is 418 g/mol. The average Bonchev–Trinajstić information content (AvgIpc) is 2.70. The highest BCUT2D eigenvalue weighted by atomic mass is 31.0. The molecule has 0 aliphatic carbocycles. The molecule has 0 saturated heterocycles. The summed E-state index contributed by atoms with van der Waals surface area (Å²) < 4.78 is 21.5. The number of ketones is 2. The van der Waals surface area contributed by atoms with E-state index in [0.29, 0.717) is 23.0 Å². The maximum atomic E-state index is 13.7. The molecule has 0 spiro atoms. The molecule has 2 rings (SSSR count). The van der Waals surface area contributed by atoms with E-state index in [1.807, 2.05) is 13.8 Å². The van der Waals surface area contributed by atoms with Gasteiger partial charge in [-0.05, 0) is 29.4 Å². The second kappa shape index (κ2) is 9.27. The van der Waals surface area contributed by atoms with Gasteiger partial charge in [-0.1, -0.05) is 26.0 Å². The smallest absolute Gasteiger partial charge is 0.182 e. The van der Waals surface area contributed by atoms with E-state index in [0.717, 1.165) is 0 Å². The summed E-state index contributed by atoms with van der Waals surface area (Å²) in [4.78, 5) is 27.4. The molecule has 0 heterocycles. The minimum Gasteiger partial charge on any atom is -0.496 e. The van der Waals surface area contributed by atoms with E-state index in [4.69, 9.17) is 18.9 Å². The van der Waals surface area contributed by atoms with Crippen molar-refractivity contribution in [3.8, 4) is 23.0 Å². The third-order valence-corrected chi connectivity index (χ3v) is 4.95. The number of methoxy groups -OCH3 is 4. The Balaban J connectivity index is 2.70. The molecule has 0 amide bonds. The normalized spacial score (nSPS) is 11.2. The Kier molecular flexibility index (Phi) is 7.26. The van der Waals surface area contributed by atoms with Gasteiger partial charge in [-0.25, -0.2) is 0 Å². The number of benzene rings is 2. The van der Waals surface area contributed by atoms with Gasteiger partial charge in [0.1, 0.15) is 34.1 Å². The topological polar surface area (TPSA) is 71.1 Å². The van der Waals surface area contributed by atoms with Crippen molar-refractivity contribution in [1.82, 2.24) is 0 Å². The first-order valence-corrected chi connectivity index (χ1v) is 9.58. The van der Waals surface area contributed by atoms with Gasteiger partial charge in [0.05, 0.1) is 34.4 Å². The minimum absolute atomic E-state index is 0.222. The van der Waals surface area contributed by atoms with Crippen LogP contribution in [0.5, 0.6) is 23.0 Å². The molecule has 7 heteroatoms. The lowest BCUT2D eigenvalue weighted by molar-refractivity contribution is 0.0775. The molecular formula is C22H27O6P. The van der Waals surface area contributed by atoms with Gasteiger partial charge in [-0.2, -0.15) is 0 Å². The molecule has 1 unspecified atom stereocenters. The van der Waals surface area contributed by atoms with Crippen LogP contribution in [0.15, 0.2) is 36.4 Å². The molecule has 2 aromatic rings. The second-order valence-corrected chi connectivity index (χ2v) is 8.55. The Labute approximate surface area is 173 Å². The van der Waals surface area contributed by atoms with Crippen LogP contribution in [0.25, 0.3) is 0 Å². The summed E-state index contributed by atoms with van der Waals surface area (Å²) in [5, 5.41) is -0.772. The van der Waals surface area contributed by atoms with Crippen LogP contribution in [0.2, 0.25) is 0 Å². The highest BCUT2D eigenvalue weighted by Gasteiger charge is 2.42. The SMILES string of the molecule is COc1cccc(OC)c1C(=O)C(C(=O)c1c(OC)cccc1OC)C(C)(C)P. The van der Waals surface area contributed by atoms with E-state index >= 15 is 0 Å². The zero-order chi connectivity index (χ0) is 21.8. The van der Waals surface area contributed by atoms with E-state index in [1.54, 1.807) is 36.4 Å². The summed E-state index contributed by atoms with van der Waals surface area (Å²) >= 11 is 0. The second-order valence-electron chi connectivity index (χ2n) is 7.06. The first kappa shape index (κ1) is 22.7. The predicted octanol–water partition coefficient (Wildman–Crippen LogP) is 4.06. The maximum Gasteiger partial charge on any atom is 0.182 e. The maximum absolute atomic E-state index is 13.7. The van der Waals surface area contributed by atoms with Crippen LogP contribution < -0.4 is 18.9 Å². The Morgan fingerprint density at radius 3 is 1.21 bits per heavy atom. The van der Waals surface area contributed by atoms with E-state index in [-0.39, 0.29) is 11.1 Å². The fourth-order valence-electron chi connectivity index (χ4n) is 3.27. The highest BCUT2D eigenvalue weighted by molar-refractivity contribution is 7.19. The van der Waals surface area contributed by atoms with Crippen molar-refractivity contribution < 1.29 is 28.5 Å². The summed E-state index contributed by atoms with van der Waals surface area (Å²) in [6, 6.07) is 10.1. The largest absolute Gasteiger partial charge is 0.496 e. The molecule has 0 aliphatic rings. The highest BCUT2D eigenvalue weighted by Crippen LogP contribution is 2.41. The lowest BCUT2D eigenvalue weighted by Gasteiger charge is -2.30. The van der Waals surface area contributed by atoms with Gasteiger partial charge in [-0.15, -0.1) is 9.24 Å². The molecular weight excluding hydrogens is 391 g/mol. The van der Waals surface area contributed by atoms with Crippen LogP contribution in [-0.2, 0) is 0 Å².